The van der Waals surface area contributed by atoms with Crippen molar-refractivity contribution in [1.82, 2.24) is 10.2 Å². The zero-order chi connectivity index (χ0) is 9.73. The predicted molar refractivity (Wildman–Crippen MR) is 55.1 cm³/mol. The number of hydrogen-bond acceptors (Lipinski definition) is 3. The number of anilines is 1. The summed E-state index contributed by atoms with van der Waals surface area (Å²) in [5, 5.41) is 11.0. The molecule has 0 unspecified atom stereocenters. The van der Waals surface area contributed by atoms with Crippen LogP contribution in [0.1, 0.15) is 20.3 Å². The highest BCUT2D eigenvalue weighted by atomic mass is 35.5. The first-order valence-corrected chi connectivity index (χ1v) is 4.79. The molecule has 1 aromatic rings. The molecule has 0 bridgehead atoms. The minimum atomic E-state index is -0.0300. The SMILES string of the molecule is CC(C)(CCCl)Nc1cccnn1. The van der Waals surface area contributed by atoms with Gasteiger partial charge in [0.05, 0.1) is 0 Å². The van der Waals surface area contributed by atoms with Crippen LogP contribution in [-0.4, -0.2) is 21.6 Å². The fraction of sp³-hybridized carbons (Fsp3) is 0.556. The van der Waals surface area contributed by atoms with Gasteiger partial charge in [0.2, 0.25) is 0 Å². The van der Waals surface area contributed by atoms with Crippen molar-refractivity contribution in [2.75, 3.05) is 11.2 Å². The molecule has 1 heterocycles. The van der Waals surface area contributed by atoms with Crippen molar-refractivity contribution in [2.45, 2.75) is 25.8 Å². The highest BCUT2D eigenvalue weighted by Gasteiger charge is 2.16. The van der Waals surface area contributed by atoms with E-state index < -0.39 is 0 Å². The summed E-state index contributed by atoms with van der Waals surface area (Å²) < 4.78 is 0. The maximum Gasteiger partial charge on any atom is 0.149 e. The Labute approximate surface area is 83.5 Å². The maximum atomic E-state index is 5.68. The average molecular weight is 200 g/mol. The van der Waals surface area contributed by atoms with E-state index in [9.17, 15) is 0 Å². The summed E-state index contributed by atoms with van der Waals surface area (Å²) in [6.07, 6.45) is 2.55. The molecule has 0 aliphatic rings. The summed E-state index contributed by atoms with van der Waals surface area (Å²) in [6.45, 7) is 4.17. The molecule has 0 aliphatic heterocycles. The second-order valence-corrected chi connectivity index (χ2v) is 3.93. The Hall–Kier alpha value is -0.830. The zero-order valence-corrected chi connectivity index (χ0v) is 8.67. The van der Waals surface area contributed by atoms with Gasteiger partial charge in [-0.2, -0.15) is 5.10 Å². The van der Waals surface area contributed by atoms with Crippen molar-refractivity contribution in [3.63, 3.8) is 0 Å². The molecule has 0 saturated heterocycles. The van der Waals surface area contributed by atoms with Gasteiger partial charge in [0.1, 0.15) is 5.82 Å². The number of aromatic nitrogens is 2. The van der Waals surface area contributed by atoms with E-state index in [1.165, 1.54) is 0 Å². The van der Waals surface area contributed by atoms with Crippen LogP contribution in [0.15, 0.2) is 18.3 Å². The summed E-state index contributed by atoms with van der Waals surface area (Å²) in [7, 11) is 0. The van der Waals surface area contributed by atoms with Crippen molar-refractivity contribution in [3.05, 3.63) is 18.3 Å². The molecular weight excluding hydrogens is 186 g/mol. The summed E-state index contributed by atoms with van der Waals surface area (Å²) >= 11 is 5.68. The first kappa shape index (κ1) is 10.3. The van der Waals surface area contributed by atoms with Gasteiger partial charge in [0, 0.05) is 17.6 Å². The van der Waals surface area contributed by atoms with E-state index in [-0.39, 0.29) is 5.54 Å². The van der Waals surface area contributed by atoms with Crippen LogP contribution in [0.5, 0.6) is 0 Å². The van der Waals surface area contributed by atoms with Gasteiger partial charge in [-0.05, 0) is 32.4 Å². The summed E-state index contributed by atoms with van der Waals surface area (Å²) in [4.78, 5) is 0. The Balaban J connectivity index is 2.58. The van der Waals surface area contributed by atoms with Gasteiger partial charge in [-0.1, -0.05) is 0 Å². The van der Waals surface area contributed by atoms with Crippen molar-refractivity contribution < 1.29 is 0 Å². The topological polar surface area (TPSA) is 37.8 Å². The lowest BCUT2D eigenvalue weighted by Crippen LogP contribution is -2.31. The molecule has 1 rings (SSSR count). The lowest BCUT2D eigenvalue weighted by atomic mass is 10.0. The van der Waals surface area contributed by atoms with E-state index in [0.717, 1.165) is 12.2 Å². The number of nitrogens with zero attached hydrogens (tertiary/aromatic N) is 2. The second kappa shape index (κ2) is 4.42. The molecule has 1 aromatic heterocycles. The van der Waals surface area contributed by atoms with Gasteiger partial charge in [0.15, 0.2) is 0 Å². The molecular formula is C9H14ClN3. The fourth-order valence-electron chi connectivity index (χ4n) is 1.01. The molecule has 4 heteroatoms. The van der Waals surface area contributed by atoms with E-state index in [1.807, 2.05) is 12.1 Å². The lowest BCUT2D eigenvalue weighted by molar-refractivity contribution is 0.547. The Morgan fingerprint density at radius 3 is 2.85 bits per heavy atom. The van der Waals surface area contributed by atoms with Crippen LogP contribution >= 0.6 is 11.6 Å². The molecule has 0 spiro atoms. The first-order valence-electron chi connectivity index (χ1n) is 4.26. The van der Waals surface area contributed by atoms with Crippen LogP contribution in [0.3, 0.4) is 0 Å². The molecule has 1 N–H and O–H groups in total. The summed E-state index contributed by atoms with van der Waals surface area (Å²) in [6, 6.07) is 3.75. The standard InChI is InChI=1S/C9H14ClN3/c1-9(2,5-6-10)12-8-4-3-7-11-13-8/h3-4,7H,5-6H2,1-2H3,(H,12,13). The molecule has 0 aliphatic carbocycles. The Morgan fingerprint density at radius 1 is 1.54 bits per heavy atom. The second-order valence-electron chi connectivity index (χ2n) is 3.56. The molecule has 0 saturated carbocycles. The molecule has 3 nitrogen and oxygen atoms in total. The molecule has 13 heavy (non-hydrogen) atoms. The van der Waals surface area contributed by atoms with Crippen LogP contribution < -0.4 is 5.32 Å². The molecule has 0 amide bonds. The van der Waals surface area contributed by atoms with Crippen molar-refractivity contribution >= 4 is 17.4 Å². The normalized spacial score (nSPS) is 11.3. The highest BCUT2D eigenvalue weighted by molar-refractivity contribution is 6.17. The van der Waals surface area contributed by atoms with Gasteiger partial charge in [0.25, 0.3) is 0 Å². The average Bonchev–Trinajstić information content (AvgIpc) is 2.04. The number of nitrogens with one attached hydrogen (secondary N) is 1. The largest absolute Gasteiger partial charge is 0.364 e. The van der Waals surface area contributed by atoms with Gasteiger partial charge in [-0.25, -0.2) is 0 Å². The maximum absolute atomic E-state index is 5.68. The quantitative estimate of drug-likeness (QED) is 0.757. The van der Waals surface area contributed by atoms with E-state index in [1.54, 1.807) is 6.20 Å². The number of hydrogen-bond donors (Lipinski definition) is 1. The van der Waals surface area contributed by atoms with Crippen LogP contribution in [0.25, 0.3) is 0 Å². The molecule has 0 fully saturated rings. The molecule has 0 atom stereocenters. The lowest BCUT2D eigenvalue weighted by Gasteiger charge is -2.25. The van der Waals surface area contributed by atoms with E-state index in [0.29, 0.717) is 5.88 Å². The monoisotopic (exact) mass is 199 g/mol. The molecule has 72 valence electrons. The third-order valence-corrected chi connectivity index (χ3v) is 1.95. The van der Waals surface area contributed by atoms with Crippen LogP contribution in [-0.2, 0) is 0 Å². The third kappa shape index (κ3) is 3.59. The Kier molecular flexibility index (Phi) is 3.48. The van der Waals surface area contributed by atoms with E-state index in [4.69, 9.17) is 11.6 Å². The van der Waals surface area contributed by atoms with Crippen molar-refractivity contribution in [3.8, 4) is 0 Å². The van der Waals surface area contributed by atoms with Crippen molar-refractivity contribution in [2.24, 2.45) is 0 Å². The molecule has 0 aromatic carbocycles. The summed E-state index contributed by atoms with van der Waals surface area (Å²) in [5.74, 6) is 1.43. The number of alkyl halides is 1. The number of rotatable bonds is 4. The Morgan fingerprint density at radius 2 is 2.31 bits per heavy atom. The smallest absolute Gasteiger partial charge is 0.149 e. The van der Waals surface area contributed by atoms with E-state index >= 15 is 0 Å². The Bertz CT molecular complexity index is 248. The highest BCUT2D eigenvalue weighted by Crippen LogP contribution is 2.15. The molecule has 0 radical (unpaired) electrons. The number of halogens is 1. The predicted octanol–water partition coefficient (Wildman–Crippen LogP) is 2.30. The summed E-state index contributed by atoms with van der Waals surface area (Å²) in [5.41, 5.74) is -0.0300. The minimum absolute atomic E-state index is 0.0300. The van der Waals surface area contributed by atoms with Gasteiger partial charge in [-0.15, -0.1) is 16.7 Å². The fourth-order valence-corrected chi connectivity index (χ4v) is 1.49. The van der Waals surface area contributed by atoms with Crippen molar-refractivity contribution in [1.29, 1.82) is 0 Å². The van der Waals surface area contributed by atoms with E-state index in [2.05, 4.69) is 29.4 Å². The van der Waals surface area contributed by atoms with Crippen LogP contribution in [0.2, 0.25) is 0 Å². The zero-order valence-electron chi connectivity index (χ0n) is 7.92. The van der Waals surface area contributed by atoms with Gasteiger partial charge >= 0.3 is 0 Å². The van der Waals surface area contributed by atoms with Crippen LogP contribution in [0, 0.1) is 0 Å². The minimum Gasteiger partial charge on any atom is -0.364 e. The van der Waals surface area contributed by atoms with Gasteiger partial charge < -0.3 is 5.32 Å². The van der Waals surface area contributed by atoms with Gasteiger partial charge in [-0.3, -0.25) is 0 Å². The van der Waals surface area contributed by atoms with Crippen LogP contribution in [0.4, 0.5) is 5.82 Å². The first-order chi connectivity index (χ1) is 6.14. The third-order valence-electron chi connectivity index (χ3n) is 1.76.